The molecule has 0 aromatic carbocycles. The zero-order valence-electron chi connectivity index (χ0n) is 7.10. The van der Waals surface area contributed by atoms with Crippen LogP contribution in [0.3, 0.4) is 0 Å². The van der Waals surface area contributed by atoms with E-state index in [1.165, 1.54) is 0 Å². The van der Waals surface area contributed by atoms with Crippen molar-refractivity contribution in [3.05, 3.63) is 12.2 Å². The van der Waals surface area contributed by atoms with Gasteiger partial charge in [-0.05, 0) is 6.92 Å². The summed E-state index contributed by atoms with van der Waals surface area (Å²) in [6, 6.07) is 0. The summed E-state index contributed by atoms with van der Waals surface area (Å²) in [5, 5.41) is 0. The summed E-state index contributed by atoms with van der Waals surface area (Å²) >= 11 is 0. The van der Waals surface area contributed by atoms with E-state index in [4.69, 9.17) is 4.74 Å². The molecule has 0 aromatic heterocycles. The summed E-state index contributed by atoms with van der Waals surface area (Å²) in [7, 11) is 0. The highest BCUT2D eigenvalue weighted by molar-refractivity contribution is 6.14. The molecule has 1 rings (SSSR count). The highest BCUT2D eigenvalue weighted by Crippen LogP contribution is 2.08. The number of rotatable bonds is 4. The van der Waals surface area contributed by atoms with Crippen molar-refractivity contribution in [2.24, 2.45) is 0 Å². The monoisotopic (exact) mass is 183 g/mol. The van der Waals surface area contributed by atoms with Gasteiger partial charge < -0.3 is 4.74 Å². The van der Waals surface area contributed by atoms with Crippen molar-refractivity contribution in [1.29, 1.82) is 0 Å². The third kappa shape index (κ3) is 1.81. The number of ether oxygens (including phenoxy) is 1. The molecule has 0 saturated heterocycles. The molecule has 13 heavy (non-hydrogen) atoms. The normalized spacial score (nSPS) is 18.1. The van der Waals surface area contributed by atoms with Gasteiger partial charge in [-0.3, -0.25) is 14.4 Å². The van der Waals surface area contributed by atoms with Gasteiger partial charge in [0.25, 0.3) is 11.8 Å². The van der Waals surface area contributed by atoms with E-state index in [9.17, 15) is 14.4 Å². The van der Waals surface area contributed by atoms with Crippen LogP contribution >= 0.6 is 0 Å². The molecule has 1 heterocycles. The molecule has 0 aromatic rings. The number of carbonyl (C=O) groups is 3. The van der Waals surface area contributed by atoms with Gasteiger partial charge in [-0.15, -0.1) is 0 Å². The molecular formula is C8H9NO4. The maximum absolute atomic E-state index is 11.0. The summed E-state index contributed by atoms with van der Waals surface area (Å²) in [6.07, 6.45) is 1.54. The highest BCUT2D eigenvalue weighted by atomic mass is 16.5. The van der Waals surface area contributed by atoms with Crippen LogP contribution in [0.2, 0.25) is 0 Å². The zero-order chi connectivity index (χ0) is 9.84. The number of aldehydes is 1. The smallest absolute Gasteiger partial charge is 0.256 e. The van der Waals surface area contributed by atoms with Gasteiger partial charge in [0.15, 0.2) is 12.5 Å². The summed E-state index contributed by atoms with van der Waals surface area (Å²) in [6.45, 7) is 1.94. The van der Waals surface area contributed by atoms with Gasteiger partial charge in [-0.1, -0.05) is 0 Å². The van der Waals surface area contributed by atoms with Crippen LogP contribution in [0.25, 0.3) is 0 Å². The number of nitrogens with zero attached hydrogens (tertiary/aromatic N) is 1. The molecule has 5 heteroatoms. The first-order valence-electron chi connectivity index (χ1n) is 3.82. The standard InChI is InChI=1S/C8H9NO4/c1-2-13-8(5-10)9-6(11)3-4-7(9)12/h3-5,8H,2H2,1H3. The fourth-order valence-electron chi connectivity index (χ4n) is 1.01. The molecule has 0 aliphatic carbocycles. The van der Waals surface area contributed by atoms with Crippen molar-refractivity contribution in [3.63, 3.8) is 0 Å². The molecule has 0 radical (unpaired) electrons. The van der Waals surface area contributed by atoms with Crippen molar-refractivity contribution in [1.82, 2.24) is 4.90 Å². The van der Waals surface area contributed by atoms with E-state index < -0.39 is 18.0 Å². The lowest BCUT2D eigenvalue weighted by molar-refractivity contribution is -0.156. The summed E-state index contributed by atoms with van der Waals surface area (Å²) in [5.41, 5.74) is 0. The van der Waals surface area contributed by atoms with E-state index in [1.807, 2.05) is 0 Å². The predicted octanol–water partition coefficient (Wildman–Crippen LogP) is -0.527. The molecule has 70 valence electrons. The lowest BCUT2D eigenvalue weighted by Gasteiger charge is -2.20. The maximum Gasteiger partial charge on any atom is 0.256 e. The molecule has 0 saturated carbocycles. The van der Waals surface area contributed by atoms with E-state index in [0.29, 0.717) is 6.29 Å². The quantitative estimate of drug-likeness (QED) is 0.434. The van der Waals surface area contributed by atoms with E-state index in [1.54, 1.807) is 6.92 Å². The van der Waals surface area contributed by atoms with Crippen LogP contribution in [0.1, 0.15) is 6.92 Å². The van der Waals surface area contributed by atoms with Crippen LogP contribution in [0.15, 0.2) is 12.2 Å². The van der Waals surface area contributed by atoms with Gasteiger partial charge in [0.05, 0.1) is 0 Å². The molecule has 2 amide bonds. The van der Waals surface area contributed by atoms with Crippen LogP contribution < -0.4 is 0 Å². The molecule has 0 spiro atoms. The molecular weight excluding hydrogens is 174 g/mol. The second-order valence-electron chi connectivity index (χ2n) is 2.36. The number of hydrogen-bond donors (Lipinski definition) is 0. The van der Waals surface area contributed by atoms with E-state index >= 15 is 0 Å². The minimum Gasteiger partial charge on any atom is -0.351 e. The predicted molar refractivity (Wildman–Crippen MR) is 42.5 cm³/mol. The Morgan fingerprint density at radius 2 is 2.00 bits per heavy atom. The number of hydrogen-bond acceptors (Lipinski definition) is 4. The van der Waals surface area contributed by atoms with Gasteiger partial charge in [-0.2, -0.15) is 0 Å². The topological polar surface area (TPSA) is 63.7 Å². The van der Waals surface area contributed by atoms with Crippen LogP contribution in [-0.2, 0) is 19.1 Å². The van der Waals surface area contributed by atoms with Crippen molar-refractivity contribution in [2.45, 2.75) is 13.2 Å². The highest BCUT2D eigenvalue weighted by Gasteiger charge is 2.31. The Morgan fingerprint density at radius 1 is 1.46 bits per heavy atom. The second kappa shape index (κ2) is 3.95. The molecule has 0 fully saturated rings. The number of carbonyl (C=O) groups excluding carboxylic acids is 3. The third-order valence-electron chi connectivity index (χ3n) is 1.55. The van der Waals surface area contributed by atoms with Crippen LogP contribution in [0, 0.1) is 0 Å². The first-order valence-corrected chi connectivity index (χ1v) is 3.82. The largest absolute Gasteiger partial charge is 0.351 e. The van der Waals surface area contributed by atoms with Gasteiger partial charge in [0.1, 0.15) is 0 Å². The molecule has 0 N–H and O–H groups in total. The summed E-state index contributed by atoms with van der Waals surface area (Å²) in [4.78, 5) is 33.3. The molecule has 1 atom stereocenters. The lowest BCUT2D eigenvalue weighted by Crippen LogP contribution is -2.42. The van der Waals surface area contributed by atoms with Gasteiger partial charge >= 0.3 is 0 Å². The number of amides is 2. The summed E-state index contributed by atoms with van der Waals surface area (Å²) in [5.74, 6) is -1.04. The fourth-order valence-corrected chi connectivity index (χ4v) is 1.01. The average Bonchev–Trinajstić information content (AvgIpc) is 2.43. The third-order valence-corrected chi connectivity index (χ3v) is 1.55. The Morgan fingerprint density at radius 3 is 2.38 bits per heavy atom. The zero-order valence-corrected chi connectivity index (χ0v) is 7.10. The maximum atomic E-state index is 11.0. The van der Waals surface area contributed by atoms with E-state index in [2.05, 4.69) is 0 Å². The molecule has 1 unspecified atom stereocenters. The fraction of sp³-hybridized carbons (Fsp3) is 0.375. The van der Waals surface area contributed by atoms with Crippen LogP contribution in [0.4, 0.5) is 0 Å². The Balaban J connectivity index is 2.74. The summed E-state index contributed by atoms with van der Waals surface area (Å²) < 4.78 is 4.89. The Labute approximate surface area is 75.0 Å². The molecule has 1 aliphatic rings. The van der Waals surface area contributed by atoms with E-state index in [0.717, 1.165) is 17.1 Å². The van der Waals surface area contributed by atoms with Gasteiger partial charge in [-0.25, -0.2) is 4.90 Å². The van der Waals surface area contributed by atoms with Crippen molar-refractivity contribution in [3.8, 4) is 0 Å². The molecule has 5 nitrogen and oxygen atoms in total. The van der Waals surface area contributed by atoms with Crippen molar-refractivity contribution < 1.29 is 19.1 Å². The molecule has 0 bridgehead atoms. The molecule has 1 aliphatic heterocycles. The van der Waals surface area contributed by atoms with Gasteiger partial charge in [0, 0.05) is 18.8 Å². The first-order chi connectivity index (χ1) is 6.20. The van der Waals surface area contributed by atoms with Crippen molar-refractivity contribution >= 4 is 18.1 Å². The minimum absolute atomic E-state index is 0.264. The Kier molecular flexibility index (Phi) is 2.92. The van der Waals surface area contributed by atoms with E-state index in [-0.39, 0.29) is 6.61 Å². The van der Waals surface area contributed by atoms with Gasteiger partial charge in [0.2, 0.25) is 0 Å². The van der Waals surface area contributed by atoms with Crippen LogP contribution in [-0.4, -0.2) is 35.8 Å². The minimum atomic E-state index is -1.10. The van der Waals surface area contributed by atoms with Crippen LogP contribution in [0.5, 0.6) is 0 Å². The first kappa shape index (κ1) is 9.60. The SMILES string of the molecule is CCOC(C=O)N1C(=O)C=CC1=O. The Bertz CT molecular complexity index is 253. The number of imide groups is 1. The lowest BCUT2D eigenvalue weighted by atomic mass is 10.5. The second-order valence-corrected chi connectivity index (χ2v) is 2.36. The van der Waals surface area contributed by atoms with Crippen molar-refractivity contribution in [2.75, 3.05) is 6.61 Å². The Hall–Kier alpha value is -1.49. The average molecular weight is 183 g/mol.